The first kappa shape index (κ1) is 13.3. The zero-order valence-corrected chi connectivity index (χ0v) is 11.5. The molecule has 0 amide bonds. The van der Waals surface area contributed by atoms with Gasteiger partial charge in [0, 0.05) is 18.8 Å². The Kier molecular flexibility index (Phi) is 4.00. The molecule has 0 saturated heterocycles. The lowest BCUT2D eigenvalue weighted by atomic mass is 10.1. The molecule has 0 saturated carbocycles. The van der Waals surface area contributed by atoms with Crippen LogP contribution in [0.25, 0.3) is 5.69 Å². The van der Waals surface area contributed by atoms with E-state index in [1.807, 2.05) is 22.9 Å². The third kappa shape index (κ3) is 2.52. The molecule has 0 fully saturated rings. The van der Waals surface area contributed by atoms with E-state index < -0.39 is 0 Å². The smallest absolute Gasteiger partial charge is 0.165 e. The molecule has 0 radical (unpaired) electrons. The van der Waals surface area contributed by atoms with Crippen molar-refractivity contribution in [1.29, 1.82) is 0 Å². The maximum absolute atomic E-state index is 11.9. The SMILES string of the molecule is CCCc1nccn1-c1cccc(OC)c1C(C)=O. The van der Waals surface area contributed by atoms with E-state index in [2.05, 4.69) is 11.9 Å². The summed E-state index contributed by atoms with van der Waals surface area (Å²) in [7, 11) is 1.58. The second-order valence-corrected chi connectivity index (χ2v) is 4.37. The summed E-state index contributed by atoms with van der Waals surface area (Å²) in [5.41, 5.74) is 1.42. The third-order valence-corrected chi connectivity index (χ3v) is 3.03. The van der Waals surface area contributed by atoms with Gasteiger partial charge in [-0.3, -0.25) is 4.79 Å². The highest BCUT2D eigenvalue weighted by Gasteiger charge is 2.16. The molecule has 1 heterocycles. The minimum atomic E-state index is -0.0106. The van der Waals surface area contributed by atoms with E-state index in [0.29, 0.717) is 11.3 Å². The highest BCUT2D eigenvalue weighted by molar-refractivity contribution is 6.00. The predicted molar refractivity (Wildman–Crippen MR) is 74.1 cm³/mol. The number of hydrogen-bond donors (Lipinski definition) is 0. The van der Waals surface area contributed by atoms with Gasteiger partial charge in [-0.15, -0.1) is 0 Å². The minimum Gasteiger partial charge on any atom is -0.496 e. The van der Waals surface area contributed by atoms with Crippen LogP contribution in [0.5, 0.6) is 5.75 Å². The zero-order valence-electron chi connectivity index (χ0n) is 11.5. The van der Waals surface area contributed by atoms with Crippen molar-refractivity contribution in [2.75, 3.05) is 7.11 Å². The van der Waals surface area contributed by atoms with Crippen molar-refractivity contribution >= 4 is 5.78 Å². The second kappa shape index (κ2) is 5.69. The number of nitrogens with zero attached hydrogens (tertiary/aromatic N) is 2. The normalized spacial score (nSPS) is 10.5. The summed E-state index contributed by atoms with van der Waals surface area (Å²) < 4.78 is 7.25. The van der Waals surface area contributed by atoms with Gasteiger partial charge in [0.2, 0.25) is 0 Å². The number of Topliss-reactive ketones (excluding diaryl/α,β-unsaturated/α-hetero) is 1. The van der Waals surface area contributed by atoms with E-state index in [1.54, 1.807) is 26.3 Å². The predicted octanol–water partition coefficient (Wildman–Crippen LogP) is 3.04. The van der Waals surface area contributed by atoms with Crippen LogP contribution in [0.1, 0.15) is 36.5 Å². The molecular formula is C15H18N2O2. The van der Waals surface area contributed by atoms with Crippen LogP contribution in [0.4, 0.5) is 0 Å². The van der Waals surface area contributed by atoms with Gasteiger partial charge in [0.15, 0.2) is 5.78 Å². The molecule has 0 atom stereocenters. The van der Waals surface area contributed by atoms with E-state index >= 15 is 0 Å². The van der Waals surface area contributed by atoms with Crippen molar-refractivity contribution in [2.45, 2.75) is 26.7 Å². The van der Waals surface area contributed by atoms with Crippen molar-refractivity contribution < 1.29 is 9.53 Å². The van der Waals surface area contributed by atoms with Crippen LogP contribution in [0, 0.1) is 0 Å². The summed E-state index contributed by atoms with van der Waals surface area (Å²) in [6.45, 7) is 3.66. The molecule has 0 aliphatic rings. The number of carbonyl (C=O) groups excluding carboxylic acids is 1. The highest BCUT2D eigenvalue weighted by Crippen LogP contribution is 2.26. The second-order valence-electron chi connectivity index (χ2n) is 4.37. The van der Waals surface area contributed by atoms with E-state index in [1.165, 1.54) is 0 Å². The van der Waals surface area contributed by atoms with Gasteiger partial charge in [-0.1, -0.05) is 13.0 Å². The summed E-state index contributed by atoms with van der Waals surface area (Å²) in [6.07, 6.45) is 5.53. The van der Waals surface area contributed by atoms with Gasteiger partial charge in [0.1, 0.15) is 11.6 Å². The van der Waals surface area contributed by atoms with Crippen LogP contribution in [0.3, 0.4) is 0 Å². The van der Waals surface area contributed by atoms with Crippen molar-refractivity contribution in [3.05, 3.63) is 42.0 Å². The van der Waals surface area contributed by atoms with E-state index in [9.17, 15) is 4.79 Å². The van der Waals surface area contributed by atoms with Crippen LogP contribution < -0.4 is 4.74 Å². The number of benzene rings is 1. The summed E-state index contributed by atoms with van der Waals surface area (Å²) >= 11 is 0. The van der Waals surface area contributed by atoms with E-state index in [0.717, 1.165) is 24.4 Å². The Labute approximate surface area is 113 Å². The van der Waals surface area contributed by atoms with Gasteiger partial charge in [0.05, 0.1) is 18.4 Å². The molecule has 0 aliphatic carbocycles. The Morgan fingerprint density at radius 2 is 2.21 bits per heavy atom. The van der Waals surface area contributed by atoms with Crippen molar-refractivity contribution in [2.24, 2.45) is 0 Å². The molecule has 1 aromatic heterocycles. The Balaban J connectivity index is 2.61. The van der Waals surface area contributed by atoms with Crippen LogP contribution in [0.15, 0.2) is 30.6 Å². The molecule has 0 bridgehead atoms. The van der Waals surface area contributed by atoms with Gasteiger partial charge in [0.25, 0.3) is 0 Å². The van der Waals surface area contributed by atoms with Gasteiger partial charge in [-0.05, 0) is 25.5 Å². The van der Waals surface area contributed by atoms with Crippen LogP contribution in [-0.4, -0.2) is 22.4 Å². The highest BCUT2D eigenvalue weighted by atomic mass is 16.5. The van der Waals surface area contributed by atoms with E-state index in [-0.39, 0.29) is 5.78 Å². The maximum atomic E-state index is 11.9. The van der Waals surface area contributed by atoms with Gasteiger partial charge < -0.3 is 9.30 Å². The molecule has 0 unspecified atom stereocenters. The fourth-order valence-electron chi connectivity index (χ4n) is 2.21. The van der Waals surface area contributed by atoms with Crippen LogP contribution >= 0.6 is 0 Å². The standard InChI is InChI=1S/C15H18N2O2/c1-4-6-14-16-9-10-17(14)12-7-5-8-13(19-3)15(12)11(2)18/h5,7-10H,4,6H2,1-3H3. The molecule has 0 aliphatic heterocycles. The van der Waals surface area contributed by atoms with Crippen LogP contribution in [0.2, 0.25) is 0 Å². The topological polar surface area (TPSA) is 44.1 Å². The number of carbonyl (C=O) groups is 1. The Morgan fingerprint density at radius 1 is 1.42 bits per heavy atom. The molecule has 4 nitrogen and oxygen atoms in total. The molecule has 2 aromatic rings. The molecule has 19 heavy (non-hydrogen) atoms. The molecule has 0 spiro atoms. The van der Waals surface area contributed by atoms with E-state index in [4.69, 9.17) is 4.74 Å². The molecule has 1 aromatic carbocycles. The number of aromatic nitrogens is 2. The zero-order chi connectivity index (χ0) is 13.8. The average molecular weight is 258 g/mol. The Bertz CT molecular complexity index is 588. The summed E-state index contributed by atoms with van der Waals surface area (Å²) in [5, 5.41) is 0. The lowest BCUT2D eigenvalue weighted by Crippen LogP contribution is -2.08. The first-order valence-electron chi connectivity index (χ1n) is 6.39. The molecular weight excluding hydrogens is 240 g/mol. The summed E-state index contributed by atoms with van der Waals surface area (Å²) in [4.78, 5) is 16.2. The lowest BCUT2D eigenvalue weighted by Gasteiger charge is -2.14. The fraction of sp³-hybridized carbons (Fsp3) is 0.333. The van der Waals surface area contributed by atoms with Crippen LogP contribution in [-0.2, 0) is 6.42 Å². The number of imidazole rings is 1. The minimum absolute atomic E-state index is 0.0106. The largest absolute Gasteiger partial charge is 0.496 e. The number of hydrogen-bond acceptors (Lipinski definition) is 3. The Hall–Kier alpha value is -2.10. The summed E-state index contributed by atoms with van der Waals surface area (Å²) in [6, 6.07) is 5.60. The lowest BCUT2D eigenvalue weighted by molar-refractivity contribution is 0.101. The van der Waals surface area contributed by atoms with Crippen molar-refractivity contribution in [3.63, 3.8) is 0 Å². The monoisotopic (exact) mass is 258 g/mol. The van der Waals surface area contributed by atoms with Crippen molar-refractivity contribution in [3.8, 4) is 11.4 Å². The Morgan fingerprint density at radius 3 is 2.84 bits per heavy atom. The summed E-state index contributed by atoms with van der Waals surface area (Å²) in [5.74, 6) is 1.54. The van der Waals surface area contributed by atoms with Gasteiger partial charge in [-0.2, -0.15) is 0 Å². The molecule has 100 valence electrons. The third-order valence-electron chi connectivity index (χ3n) is 3.03. The van der Waals surface area contributed by atoms with Crippen molar-refractivity contribution in [1.82, 2.24) is 9.55 Å². The number of ketones is 1. The quantitative estimate of drug-likeness (QED) is 0.774. The maximum Gasteiger partial charge on any atom is 0.165 e. The van der Waals surface area contributed by atoms with Gasteiger partial charge in [-0.25, -0.2) is 4.98 Å². The first-order chi connectivity index (χ1) is 9.19. The average Bonchev–Trinajstić information content (AvgIpc) is 2.86. The van der Waals surface area contributed by atoms with Gasteiger partial charge >= 0.3 is 0 Å². The number of methoxy groups -OCH3 is 1. The number of ether oxygens (including phenoxy) is 1. The molecule has 2 rings (SSSR count). The first-order valence-corrected chi connectivity index (χ1v) is 6.39. The fourth-order valence-corrected chi connectivity index (χ4v) is 2.21. The molecule has 0 N–H and O–H groups in total. The molecule has 4 heteroatoms. The number of rotatable bonds is 5. The number of aryl methyl sites for hydroxylation is 1.